The van der Waals surface area contributed by atoms with Gasteiger partial charge in [-0.1, -0.05) is 29.8 Å². The molecule has 0 spiro atoms. The Kier molecular flexibility index (Phi) is 6.20. The third-order valence-electron chi connectivity index (χ3n) is 5.52. The minimum atomic E-state index is -0.207. The SMILES string of the molecule is CCOc1ccc(Cl)c(C(=O)N2CCN(CC(=O)N3CCc4ccccc43)CC2)n1. The van der Waals surface area contributed by atoms with Crippen LogP contribution in [0.4, 0.5) is 5.69 Å². The highest BCUT2D eigenvalue weighted by Gasteiger charge is 2.29. The molecule has 158 valence electrons. The maximum atomic E-state index is 12.9. The van der Waals surface area contributed by atoms with Crippen LogP contribution >= 0.6 is 11.6 Å². The molecule has 0 atom stereocenters. The van der Waals surface area contributed by atoms with Gasteiger partial charge in [0.05, 0.1) is 18.2 Å². The van der Waals surface area contributed by atoms with Crippen molar-refractivity contribution < 1.29 is 14.3 Å². The Morgan fingerprint density at radius 1 is 1.07 bits per heavy atom. The molecule has 0 N–H and O–H groups in total. The van der Waals surface area contributed by atoms with Crippen LogP contribution in [0.15, 0.2) is 36.4 Å². The summed E-state index contributed by atoms with van der Waals surface area (Å²) < 4.78 is 5.38. The van der Waals surface area contributed by atoms with Crippen molar-refractivity contribution >= 4 is 29.1 Å². The monoisotopic (exact) mass is 428 g/mol. The van der Waals surface area contributed by atoms with Gasteiger partial charge in [0.15, 0.2) is 5.69 Å². The molecule has 0 bridgehead atoms. The van der Waals surface area contributed by atoms with E-state index in [0.29, 0.717) is 50.2 Å². The predicted molar refractivity (Wildman–Crippen MR) is 115 cm³/mol. The summed E-state index contributed by atoms with van der Waals surface area (Å²) in [6.07, 6.45) is 0.902. The van der Waals surface area contributed by atoms with E-state index in [1.54, 1.807) is 17.0 Å². The number of fused-ring (bicyclic) bond motifs is 1. The second-order valence-corrected chi connectivity index (χ2v) is 7.81. The van der Waals surface area contributed by atoms with Gasteiger partial charge in [0.25, 0.3) is 5.91 Å². The van der Waals surface area contributed by atoms with E-state index in [1.165, 1.54) is 5.56 Å². The van der Waals surface area contributed by atoms with Crippen LogP contribution in [0, 0.1) is 0 Å². The maximum Gasteiger partial charge on any atom is 0.274 e. The maximum absolute atomic E-state index is 12.9. The van der Waals surface area contributed by atoms with Gasteiger partial charge in [-0.2, -0.15) is 0 Å². The summed E-state index contributed by atoms with van der Waals surface area (Å²) in [6.45, 7) is 5.74. The minimum Gasteiger partial charge on any atom is -0.478 e. The Bertz CT molecular complexity index is 944. The lowest BCUT2D eigenvalue weighted by atomic mass is 10.2. The zero-order valence-electron chi connectivity index (χ0n) is 17.0. The van der Waals surface area contributed by atoms with Gasteiger partial charge in [0.1, 0.15) is 0 Å². The van der Waals surface area contributed by atoms with Gasteiger partial charge in [-0.15, -0.1) is 0 Å². The molecule has 3 heterocycles. The molecule has 0 saturated carbocycles. The number of amides is 2. The number of nitrogens with zero attached hydrogens (tertiary/aromatic N) is 4. The number of carbonyl (C=O) groups excluding carboxylic acids is 2. The Balaban J connectivity index is 1.34. The molecule has 2 aliphatic heterocycles. The summed E-state index contributed by atoms with van der Waals surface area (Å²) in [4.78, 5) is 35.7. The molecule has 1 fully saturated rings. The van der Waals surface area contributed by atoms with E-state index in [-0.39, 0.29) is 17.5 Å². The standard InChI is InChI=1S/C22H25ClN4O3/c1-2-30-19-8-7-17(23)21(24-19)22(29)26-13-11-25(12-14-26)15-20(28)27-10-9-16-5-3-4-6-18(16)27/h3-8H,2,9-15H2,1H3. The number of piperazine rings is 1. The third kappa shape index (κ3) is 4.27. The number of rotatable bonds is 5. The number of anilines is 1. The van der Waals surface area contributed by atoms with E-state index in [1.807, 2.05) is 30.0 Å². The van der Waals surface area contributed by atoms with Gasteiger partial charge in [0, 0.05) is 44.5 Å². The predicted octanol–water partition coefficient (Wildman–Crippen LogP) is 2.48. The summed E-state index contributed by atoms with van der Waals surface area (Å²) >= 11 is 6.20. The fourth-order valence-corrected chi connectivity index (χ4v) is 4.12. The molecule has 8 heteroatoms. The minimum absolute atomic E-state index is 0.105. The highest BCUT2D eigenvalue weighted by molar-refractivity contribution is 6.33. The molecular formula is C22H25ClN4O3. The largest absolute Gasteiger partial charge is 0.478 e. The van der Waals surface area contributed by atoms with Gasteiger partial charge in [-0.3, -0.25) is 14.5 Å². The summed E-state index contributed by atoms with van der Waals surface area (Å²) in [6, 6.07) is 11.3. The normalized spacial score (nSPS) is 16.5. The van der Waals surface area contributed by atoms with Crippen molar-refractivity contribution in [2.45, 2.75) is 13.3 Å². The first-order chi connectivity index (χ1) is 14.6. The zero-order chi connectivity index (χ0) is 21.1. The van der Waals surface area contributed by atoms with E-state index in [9.17, 15) is 9.59 Å². The fraction of sp³-hybridized carbons (Fsp3) is 0.409. The first-order valence-corrected chi connectivity index (χ1v) is 10.6. The number of aromatic nitrogens is 1. The highest BCUT2D eigenvalue weighted by Crippen LogP contribution is 2.27. The summed E-state index contributed by atoms with van der Waals surface area (Å²) in [5, 5.41) is 0.314. The smallest absolute Gasteiger partial charge is 0.274 e. The van der Waals surface area contributed by atoms with E-state index in [0.717, 1.165) is 18.7 Å². The zero-order valence-corrected chi connectivity index (χ0v) is 17.8. The quantitative estimate of drug-likeness (QED) is 0.732. The molecule has 2 aromatic rings. The fourth-order valence-electron chi connectivity index (χ4n) is 3.94. The number of pyridine rings is 1. The van der Waals surface area contributed by atoms with Crippen LogP contribution in [0.2, 0.25) is 5.02 Å². The molecular weight excluding hydrogens is 404 g/mol. The number of carbonyl (C=O) groups is 2. The Morgan fingerprint density at radius 2 is 1.83 bits per heavy atom. The van der Waals surface area contributed by atoms with E-state index in [4.69, 9.17) is 16.3 Å². The summed E-state index contributed by atoms with van der Waals surface area (Å²) in [5.41, 5.74) is 2.45. The number of benzene rings is 1. The Hall–Kier alpha value is -2.64. The van der Waals surface area contributed by atoms with Gasteiger partial charge < -0.3 is 14.5 Å². The number of hydrogen-bond acceptors (Lipinski definition) is 5. The van der Waals surface area contributed by atoms with Crippen molar-refractivity contribution in [2.75, 3.05) is 50.8 Å². The van der Waals surface area contributed by atoms with Gasteiger partial charge in [-0.05, 0) is 31.0 Å². The molecule has 30 heavy (non-hydrogen) atoms. The molecule has 7 nitrogen and oxygen atoms in total. The molecule has 1 aromatic heterocycles. The summed E-state index contributed by atoms with van der Waals surface area (Å²) in [5.74, 6) is 0.287. The second-order valence-electron chi connectivity index (χ2n) is 7.41. The molecule has 4 rings (SSSR count). The van der Waals surface area contributed by atoms with Crippen molar-refractivity contribution in [2.24, 2.45) is 0 Å². The van der Waals surface area contributed by atoms with Crippen LogP contribution in [0.1, 0.15) is 23.0 Å². The Morgan fingerprint density at radius 3 is 2.60 bits per heavy atom. The molecule has 0 radical (unpaired) electrons. The molecule has 1 saturated heterocycles. The third-order valence-corrected chi connectivity index (χ3v) is 5.83. The molecule has 2 aliphatic rings. The molecule has 0 aliphatic carbocycles. The van der Waals surface area contributed by atoms with Crippen molar-refractivity contribution in [1.29, 1.82) is 0 Å². The average Bonchev–Trinajstić information content (AvgIpc) is 3.20. The van der Waals surface area contributed by atoms with Crippen LogP contribution in [-0.4, -0.2) is 72.5 Å². The van der Waals surface area contributed by atoms with Crippen LogP contribution in [0.5, 0.6) is 5.88 Å². The number of halogens is 1. The highest BCUT2D eigenvalue weighted by atomic mass is 35.5. The van der Waals surface area contributed by atoms with Gasteiger partial charge in [0.2, 0.25) is 11.8 Å². The molecule has 1 aromatic carbocycles. The van der Waals surface area contributed by atoms with Crippen LogP contribution in [0.3, 0.4) is 0 Å². The van der Waals surface area contributed by atoms with Crippen LogP contribution < -0.4 is 9.64 Å². The first kappa shape index (κ1) is 20.6. The van der Waals surface area contributed by atoms with Gasteiger partial charge in [-0.25, -0.2) is 4.98 Å². The Labute approximate surface area is 181 Å². The van der Waals surface area contributed by atoms with E-state index >= 15 is 0 Å². The number of para-hydroxylation sites is 1. The topological polar surface area (TPSA) is 66.0 Å². The van der Waals surface area contributed by atoms with Crippen molar-refractivity contribution in [1.82, 2.24) is 14.8 Å². The van der Waals surface area contributed by atoms with Crippen LogP contribution in [0.25, 0.3) is 0 Å². The number of hydrogen-bond donors (Lipinski definition) is 0. The van der Waals surface area contributed by atoms with E-state index < -0.39 is 0 Å². The van der Waals surface area contributed by atoms with Crippen molar-refractivity contribution in [3.8, 4) is 5.88 Å². The molecule has 0 unspecified atom stereocenters. The lowest BCUT2D eigenvalue weighted by Gasteiger charge is -2.35. The summed E-state index contributed by atoms with van der Waals surface area (Å²) in [7, 11) is 0. The lowest BCUT2D eigenvalue weighted by molar-refractivity contribution is -0.120. The second kappa shape index (κ2) is 9.02. The lowest BCUT2D eigenvalue weighted by Crippen LogP contribution is -2.51. The molecule has 2 amide bonds. The number of ether oxygens (including phenoxy) is 1. The van der Waals surface area contributed by atoms with Crippen LogP contribution in [-0.2, 0) is 11.2 Å². The van der Waals surface area contributed by atoms with Gasteiger partial charge >= 0.3 is 0 Å². The van der Waals surface area contributed by atoms with Crippen molar-refractivity contribution in [3.63, 3.8) is 0 Å². The average molecular weight is 429 g/mol. The first-order valence-electron chi connectivity index (χ1n) is 10.3. The van der Waals surface area contributed by atoms with E-state index in [2.05, 4.69) is 16.0 Å². The van der Waals surface area contributed by atoms with Crippen molar-refractivity contribution in [3.05, 3.63) is 52.7 Å².